The molecule has 6 nitrogen and oxygen atoms in total. The van der Waals surface area contributed by atoms with E-state index in [9.17, 15) is 4.79 Å². The average molecular weight is 369 g/mol. The monoisotopic (exact) mass is 368 g/mol. The van der Waals surface area contributed by atoms with Gasteiger partial charge in [0.15, 0.2) is 0 Å². The molecule has 3 rings (SSSR count). The second kappa shape index (κ2) is 7.84. The van der Waals surface area contributed by atoms with Gasteiger partial charge in [0.2, 0.25) is 5.95 Å². The summed E-state index contributed by atoms with van der Waals surface area (Å²) in [5.41, 5.74) is 2.67. The van der Waals surface area contributed by atoms with Crippen molar-refractivity contribution in [3.63, 3.8) is 0 Å². The van der Waals surface area contributed by atoms with E-state index in [0.717, 1.165) is 17.1 Å². The molecule has 0 saturated heterocycles. The predicted molar refractivity (Wildman–Crippen MR) is 103 cm³/mol. The molecule has 132 valence electrons. The van der Waals surface area contributed by atoms with Crippen molar-refractivity contribution < 1.29 is 9.53 Å². The fraction of sp³-hybridized carbons (Fsp3) is 0.105. The van der Waals surface area contributed by atoms with Crippen LogP contribution in [0.5, 0.6) is 0 Å². The minimum absolute atomic E-state index is 0.395. The maximum Gasteiger partial charge on any atom is 0.337 e. The third kappa shape index (κ3) is 4.29. The largest absolute Gasteiger partial charge is 0.465 e. The van der Waals surface area contributed by atoms with Gasteiger partial charge in [-0.15, -0.1) is 0 Å². The first-order chi connectivity index (χ1) is 12.5. The number of aryl methyl sites for hydroxylation is 1. The molecule has 0 fully saturated rings. The maximum atomic E-state index is 11.7. The lowest BCUT2D eigenvalue weighted by Gasteiger charge is -2.11. The van der Waals surface area contributed by atoms with Gasteiger partial charge in [-0.3, -0.25) is 0 Å². The van der Waals surface area contributed by atoms with Crippen LogP contribution in [0.2, 0.25) is 5.02 Å². The summed E-state index contributed by atoms with van der Waals surface area (Å²) in [5.74, 6) is 0.618. The number of benzene rings is 2. The van der Waals surface area contributed by atoms with E-state index in [0.29, 0.717) is 22.4 Å². The Labute approximate surface area is 156 Å². The van der Waals surface area contributed by atoms with Crippen LogP contribution in [0.3, 0.4) is 0 Å². The number of rotatable bonds is 5. The van der Waals surface area contributed by atoms with Crippen molar-refractivity contribution in [2.24, 2.45) is 0 Å². The molecule has 0 aliphatic rings. The van der Waals surface area contributed by atoms with Crippen LogP contribution >= 0.6 is 11.6 Å². The molecule has 2 aromatic carbocycles. The summed E-state index contributed by atoms with van der Waals surface area (Å²) in [7, 11) is 1.35. The summed E-state index contributed by atoms with van der Waals surface area (Å²) in [6.45, 7) is 1.87. The van der Waals surface area contributed by atoms with E-state index in [1.807, 2.05) is 37.3 Å². The van der Waals surface area contributed by atoms with E-state index in [1.54, 1.807) is 24.3 Å². The van der Waals surface area contributed by atoms with Gasteiger partial charge in [0, 0.05) is 17.4 Å². The number of anilines is 4. The number of ether oxygens (including phenoxy) is 1. The first-order valence-corrected chi connectivity index (χ1v) is 8.25. The highest BCUT2D eigenvalue weighted by Crippen LogP contribution is 2.25. The smallest absolute Gasteiger partial charge is 0.337 e. The molecular weight excluding hydrogens is 352 g/mol. The van der Waals surface area contributed by atoms with Gasteiger partial charge in [-0.05, 0) is 37.3 Å². The Kier molecular flexibility index (Phi) is 5.34. The van der Waals surface area contributed by atoms with E-state index >= 15 is 0 Å². The quantitative estimate of drug-likeness (QED) is 0.635. The Morgan fingerprint density at radius 3 is 2.62 bits per heavy atom. The number of aromatic nitrogens is 2. The number of nitrogens with one attached hydrogen (secondary N) is 2. The summed E-state index contributed by atoms with van der Waals surface area (Å²) in [6, 6.07) is 16.2. The van der Waals surface area contributed by atoms with Gasteiger partial charge >= 0.3 is 5.97 Å². The van der Waals surface area contributed by atoms with Crippen LogP contribution in [-0.4, -0.2) is 23.0 Å². The molecule has 0 spiro atoms. The molecular formula is C19H17ClN4O2. The van der Waals surface area contributed by atoms with Crippen LogP contribution in [0, 0.1) is 6.92 Å². The number of halogens is 1. The second-order valence-corrected chi connectivity index (χ2v) is 5.93. The number of hydrogen-bond acceptors (Lipinski definition) is 6. The van der Waals surface area contributed by atoms with Crippen LogP contribution in [0.25, 0.3) is 0 Å². The molecule has 0 atom stereocenters. The molecule has 0 amide bonds. The van der Waals surface area contributed by atoms with E-state index in [-0.39, 0.29) is 0 Å². The molecule has 0 radical (unpaired) electrons. The van der Waals surface area contributed by atoms with E-state index < -0.39 is 5.97 Å². The van der Waals surface area contributed by atoms with Crippen LogP contribution in [-0.2, 0) is 4.74 Å². The molecule has 3 aromatic rings. The molecule has 0 saturated carbocycles. The highest BCUT2D eigenvalue weighted by molar-refractivity contribution is 6.33. The lowest BCUT2D eigenvalue weighted by atomic mass is 10.2. The zero-order chi connectivity index (χ0) is 18.5. The minimum atomic E-state index is -0.395. The fourth-order valence-corrected chi connectivity index (χ4v) is 2.54. The third-order valence-corrected chi connectivity index (χ3v) is 3.86. The molecule has 0 unspecified atom stereocenters. The molecule has 1 heterocycles. The second-order valence-electron chi connectivity index (χ2n) is 5.52. The summed E-state index contributed by atoms with van der Waals surface area (Å²) in [4.78, 5) is 20.5. The van der Waals surface area contributed by atoms with Crippen LogP contribution in [0.15, 0.2) is 54.6 Å². The average Bonchev–Trinajstić information content (AvgIpc) is 2.63. The lowest BCUT2D eigenvalue weighted by molar-refractivity contribution is 0.0601. The normalized spacial score (nSPS) is 10.3. The number of methoxy groups -OCH3 is 1. The third-order valence-electron chi connectivity index (χ3n) is 3.53. The minimum Gasteiger partial charge on any atom is -0.465 e. The Morgan fingerprint density at radius 2 is 1.85 bits per heavy atom. The first kappa shape index (κ1) is 17.7. The van der Waals surface area contributed by atoms with Gasteiger partial charge in [0.1, 0.15) is 5.82 Å². The van der Waals surface area contributed by atoms with Gasteiger partial charge in [-0.25, -0.2) is 9.78 Å². The van der Waals surface area contributed by atoms with Gasteiger partial charge in [-0.2, -0.15) is 4.98 Å². The van der Waals surface area contributed by atoms with E-state index in [2.05, 4.69) is 20.6 Å². The van der Waals surface area contributed by atoms with Crippen LogP contribution in [0.1, 0.15) is 16.1 Å². The van der Waals surface area contributed by atoms with E-state index in [4.69, 9.17) is 16.3 Å². The lowest BCUT2D eigenvalue weighted by Crippen LogP contribution is -2.04. The number of para-hydroxylation sites is 1. The van der Waals surface area contributed by atoms with Crippen molar-refractivity contribution in [3.05, 3.63) is 70.9 Å². The van der Waals surface area contributed by atoms with E-state index in [1.165, 1.54) is 7.11 Å². The van der Waals surface area contributed by atoms with Gasteiger partial charge < -0.3 is 15.4 Å². The van der Waals surface area contributed by atoms with Crippen molar-refractivity contribution in [1.82, 2.24) is 9.97 Å². The highest BCUT2D eigenvalue weighted by atomic mass is 35.5. The van der Waals surface area contributed by atoms with Gasteiger partial charge in [0.05, 0.1) is 23.4 Å². The Balaban J connectivity index is 1.84. The number of esters is 1. The fourth-order valence-electron chi connectivity index (χ4n) is 2.36. The van der Waals surface area contributed by atoms with Gasteiger partial charge in [-0.1, -0.05) is 29.8 Å². The van der Waals surface area contributed by atoms with Crippen molar-refractivity contribution in [2.45, 2.75) is 6.92 Å². The molecule has 0 aliphatic carbocycles. The zero-order valence-electron chi connectivity index (χ0n) is 14.3. The predicted octanol–water partition coefficient (Wildman–Crippen LogP) is 4.71. The topological polar surface area (TPSA) is 76.1 Å². The Bertz CT molecular complexity index is 946. The molecule has 7 heteroatoms. The molecule has 0 aliphatic heterocycles. The molecule has 0 bridgehead atoms. The number of carbonyl (C=O) groups is 1. The van der Waals surface area contributed by atoms with Crippen molar-refractivity contribution in [2.75, 3.05) is 17.7 Å². The summed E-state index contributed by atoms with van der Waals surface area (Å²) in [6.07, 6.45) is 0. The number of carbonyl (C=O) groups excluding carboxylic acids is 1. The van der Waals surface area contributed by atoms with Crippen molar-refractivity contribution in [1.29, 1.82) is 0 Å². The van der Waals surface area contributed by atoms with Crippen LogP contribution in [0.4, 0.5) is 23.1 Å². The molecule has 1 aromatic heterocycles. The van der Waals surface area contributed by atoms with Crippen molar-refractivity contribution >= 4 is 40.7 Å². The first-order valence-electron chi connectivity index (χ1n) is 7.88. The SMILES string of the molecule is COC(=O)c1cccc(Nc2cc(C)nc(Nc3ccccc3Cl)n2)c1. The summed E-state index contributed by atoms with van der Waals surface area (Å²) in [5, 5.41) is 6.86. The Morgan fingerprint density at radius 1 is 1.04 bits per heavy atom. The standard InChI is InChI=1S/C19H17ClN4O2/c1-12-10-17(22-14-7-5-6-13(11-14)18(25)26-2)24-19(21-12)23-16-9-4-3-8-15(16)20/h3-11H,1-2H3,(H2,21,22,23,24). The maximum absolute atomic E-state index is 11.7. The highest BCUT2D eigenvalue weighted by Gasteiger charge is 2.08. The Hall–Kier alpha value is -3.12. The molecule has 26 heavy (non-hydrogen) atoms. The summed E-state index contributed by atoms with van der Waals surface area (Å²) < 4.78 is 4.74. The van der Waals surface area contributed by atoms with Crippen molar-refractivity contribution in [3.8, 4) is 0 Å². The van der Waals surface area contributed by atoms with Gasteiger partial charge in [0.25, 0.3) is 0 Å². The van der Waals surface area contributed by atoms with Crippen LogP contribution < -0.4 is 10.6 Å². The molecule has 2 N–H and O–H groups in total. The number of nitrogens with zero attached hydrogens (tertiary/aromatic N) is 2. The summed E-state index contributed by atoms with van der Waals surface area (Å²) >= 11 is 6.17. The zero-order valence-corrected chi connectivity index (χ0v) is 15.0. The number of hydrogen-bond donors (Lipinski definition) is 2.